The first kappa shape index (κ1) is 12.8. The minimum absolute atomic E-state index is 0.444. The van der Waals surface area contributed by atoms with Crippen LogP contribution in [0.1, 0.15) is 38.3 Å². The summed E-state index contributed by atoms with van der Waals surface area (Å²) in [7, 11) is 0. The number of fused-ring (bicyclic) bond motifs is 1. The van der Waals surface area contributed by atoms with Gasteiger partial charge in [0.25, 0.3) is 0 Å². The van der Waals surface area contributed by atoms with Crippen LogP contribution >= 0.6 is 0 Å². The van der Waals surface area contributed by atoms with Gasteiger partial charge in [-0.3, -0.25) is 0 Å². The highest BCUT2D eigenvalue weighted by molar-refractivity contribution is 6.75. The third-order valence-corrected chi connectivity index (χ3v) is 5.63. The molecule has 1 aromatic carbocycles. The van der Waals surface area contributed by atoms with Crippen LogP contribution in [0.3, 0.4) is 0 Å². The fourth-order valence-electron chi connectivity index (χ4n) is 3.95. The van der Waals surface area contributed by atoms with E-state index < -0.39 is 0 Å². The highest BCUT2D eigenvalue weighted by atomic mass is 14.6. The average molecular weight is 253 g/mol. The summed E-state index contributed by atoms with van der Waals surface area (Å²) in [5.41, 5.74) is 13.3. The molecule has 0 bridgehead atoms. The molecule has 100 valence electrons. The van der Waals surface area contributed by atoms with Crippen LogP contribution in [0.4, 0.5) is 5.69 Å². The van der Waals surface area contributed by atoms with Crippen molar-refractivity contribution >= 4 is 23.4 Å². The molecular formula is C17H24BN. The maximum absolute atomic E-state index is 6.47. The molecule has 2 aliphatic rings. The maximum atomic E-state index is 6.47. The smallest absolute Gasteiger partial charge is 0.179 e. The first-order valence-corrected chi connectivity index (χ1v) is 7.49. The van der Waals surface area contributed by atoms with E-state index in [1.165, 1.54) is 34.8 Å². The van der Waals surface area contributed by atoms with Crippen LogP contribution in [0, 0.1) is 11.3 Å². The van der Waals surface area contributed by atoms with Gasteiger partial charge in [-0.1, -0.05) is 57.6 Å². The molecule has 0 aromatic heterocycles. The second-order valence-electron chi connectivity index (χ2n) is 7.22. The van der Waals surface area contributed by atoms with Crippen molar-refractivity contribution in [3.05, 3.63) is 29.8 Å². The van der Waals surface area contributed by atoms with Crippen molar-refractivity contribution in [2.75, 3.05) is 5.73 Å². The van der Waals surface area contributed by atoms with Crippen molar-refractivity contribution in [2.24, 2.45) is 11.3 Å². The molecule has 1 saturated heterocycles. The Morgan fingerprint density at radius 1 is 1.32 bits per heavy atom. The predicted molar refractivity (Wildman–Crippen MR) is 86.2 cm³/mol. The van der Waals surface area contributed by atoms with Gasteiger partial charge in [0.1, 0.15) is 0 Å². The van der Waals surface area contributed by atoms with E-state index in [0.29, 0.717) is 12.1 Å². The Balaban J connectivity index is 1.98. The van der Waals surface area contributed by atoms with Gasteiger partial charge in [-0.15, -0.1) is 0 Å². The number of hydrogen-bond acceptors (Lipinski definition) is 1. The molecule has 1 heterocycles. The zero-order valence-electron chi connectivity index (χ0n) is 12.4. The van der Waals surface area contributed by atoms with Crippen LogP contribution in [-0.2, 0) is 6.42 Å². The summed E-state index contributed by atoms with van der Waals surface area (Å²) in [4.78, 5) is 0. The van der Waals surface area contributed by atoms with E-state index in [0.717, 1.165) is 24.4 Å². The van der Waals surface area contributed by atoms with Gasteiger partial charge in [0.05, 0.1) is 0 Å². The van der Waals surface area contributed by atoms with Crippen molar-refractivity contribution in [3.63, 3.8) is 0 Å². The second kappa shape index (κ2) is 4.16. The van der Waals surface area contributed by atoms with Gasteiger partial charge in [0, 0.05) is 5.69 Å². The molecule has 0 radical (unpaired) electrons. The van der Waals surface area contributed by atoms with E-state index in [2.05, 4.69) is 39.5 Å². The van der Waals surface area contributed by atoms with Gasteiger partial charge < -0.3 is 5.73 Å². The molecule has 1 aliphatic carbocycles. The fourth-order valence-corrected chi connectivity index (χ4v) is 3.95. The monoisotopic (exact) mass is 253 g/mol. The Morgan fingerprint density at radius 2 is 2.05 bits per heavy atom. The molecule has 1 aromatic rings. The molecule has 1 atom stereocenters. The molecule has 0 amide bonds. The molecule has 1 aliphatic heterocycles. The third-order valence-electron chi connectivity index (χ3n) is 5.63. The Hall–Kier alpha value is -1.18. The summed E-state index contributed by atoms with van der Waals surface area (Å²) < 4.78 is 0. The summed E-state index contributed by atoms with van der Waals surface area (Å²) in [6, 6.07) is 4.52. The number of anilines is 1. The minimum atomic E-state index is 0.444. The predicted octanol–water partition coefficient (Wildman–Crippen LogP) is 3.61. The van der Waals surface area contributed by atoms with Crippen LogP contribution in [-0.4, -0.2) is 6.71 Å². The first-order valence-electron chi connectivity index (χ1n) is 7.49. The Labute approximate surface area is 117 Å². The largest absolute Gasteiger partial charge is 0.399 e. The van der Waals surface area contributed by atoms with E-state index in [-0.39, 0.29) is 0 Å². The normalized spacial score (nSPS) is 24.9. The Kier molecular flexibility index (Phi) is 2.81. The lowest BCUT2D eigenvalue weighted by Crippen LogP contribution is -2.31. The second-order valence-corrected chi connectivity index (χ2v) is 7.22. The highest BCUT2D eigenvalue weighted by Gasteiger charge is 2.41. The molecule has 0 spiro atoms. The molecule has 2 heteroatoms. The van der Waals surface area contributed by atoms with Crippen LogP contribution in [0.5, 0.6) is 0 Å². The van der Waals surface area contributed by atoms with Crippen molar-refractivity contribution in [3.8, 4) is 0 Å². The quantitative estimate of drug-likeness (QED) is 0.600. The maximum Gasteiger partial charge on any atom is 0.179 e. The topological polar surface area (TPSA) is 26.0 Å². The molecule has 0 saturated carbocycles. The minimum Gasteiger partial charge on any atom is -0.399 e. The molecule has 1 unspecified atom stereocenters. The van der Waals surface area contributed by atoms with Gasteiger partial charge in [-0.05, 0) is 40.9 Å². The summed E-state index contributed by atoms with van der Waals surface area (Å²) in [6.07, 6.45) is 4.70. The van der Waals surface area contributed by atoms with Crippen LogP contribution < -0.4 is 11.2 Å². The summed E-state index contributed by atoms with van der Waals surface area (Å²) in [5.74, 6) is 0.778. The van der Waals surface area contributed by atoms with E-state index >= 15 is 0 Å². The number of hydrogen-bond donors (Lipinski definition) is 1. The van der Waals surface area contributed by atoms with E-state index in [9.17, 15) is 0 Å². The lowest BCUT2D eigenvalue weighted by molar-refractivity contribution is 0.306. The van der Waals surface area contributed by atoms with Gasteiger partial charge >= 0.3 is 0 Å². The van der Waals surface area contributed by atoms with Gasteiger partial charge in [-0.25, -0.2) is 0 Å². The first-order chi connectivity index (χ1) is 8.90. The molecule has 2 N–H and O–H groups in total. The average Bonchev–Trinajstić information content (AvgIpc) is 2.83. The third kappa shape index (κ3) is 1.93. The molecule has 3 rings (SSSR count). The molecular weight excluding hydrogens is 229 g/mol. The molecule has 1 nitrogen and oxygen atoms in total. The van der Waals surface area contributed by atoms with Crippen molar-refractivity contribution in [1.29, 1.82) is 0 Å². The Bertz CT molecular complexity index is 544. The molecule has 1 fully saturated rings. The Morgan fingerprint density at radius 3 is 2.68 bits per heavy atom. The van der Waals surface area contributed by atoms with Crippen LogP contribution in [0.2, 0.25) is 12.6 Å². The number of rotatable bonds is 1. The van der Waals surface area contributed by atoms with Gasteiger partial charge in [0.2, 0.25) is 0 Å². The highest BCUT2D eigenvalue weighted by Crippen LogP contribution is 2.44. The lowest BCUT2D eigenvalue weighted by atomic mass is 9.42. The number of benzene rings is 1. The van der Waals surface area contributed by atoms with Crippen LogP contribution in [0.15, 0.2) is 18.7 Å². The SMILES string of the molecule is C=C1CCc2c1ccc(B1CC(C)C(C)(C)C1)c2N. The summed E-state index contributed by atoms with van der Waals surface area (Å²) in [6.45, 7) is 12.0. The fraction of sp³-hybridized carbons (Fsp3) is 0.529. The van der Waals surface area contributed by atoms with Crippen molar-refractivity contribution < 1.29 is 0 Å². The van der Waals surface area contributed by atoms with E-state index in [1.807, 2.05) is 0 Å². The summed E-state index contributed by atoms with van der Waals surface area (Å²) >= 11 is 0. The number of nitrogen functional groups attached to an aromatic ring is 1. The van der Waals surface area contributed by atoms with Gasteiger partial charge in [-0.2, -0.15) is 0 Å². The summed E-state index contributed by atoms with van der Waals surface area (Å²) in [5, 5.41) is 0. The molecule has 19 heavy (non-hydrogen) atoms. The van der Waals surface area contributed by atoms with E-state index in [1.54, 1.807) is 0 Å². The number of nitrogens with two attached hydrogens (primary N) is 1. The number of allylic oxidation sites excluding steroid dienone is 1. The van der Waals surface area contributed by atoms with Crippen molar-refractivity contribution in [2.45, 2.75) is 46.3 Å². The van der Waals surface area contributed by atoms with Crippen LogP contribution in [0.25, 0.3) is 5.57 Å². The lowest BCUT2D eigenvalue weighted by Gasteiger charge is -2.23. The zero-order chi connectivity index (χ0) is 13.8. The van der Waals surface area contributed by atoms with Crippen molar-refractivity contribution in [1.82, 2.24) is 0 Å². The standard InChI is InChI=1S/C17H24BN/c1-11-5-6-14-13(11)7-8-15(16(14)19)18-9-12(2)17(3,4)10-18/h7-8,12H,1,5-6,9-10,19H2,2-4H3. The van der Waals surface area contributed by atoms with Gasteiger partial charge in [0.15, 0.2) is 6.71 Å². The van der Waals surface area contributed by atoms with E-state index in [4.69, 9.17) is 5.73 Å². The zero-order valence-corrected chi connectivity index (χ0v) is 12.4.